The van der Waals surface area contributed by atoms with Crippen LogP contribution in [0.5, 0.6) is 0 Å². The molecule has 0 amide bonds. The van der Waals surface area contributed by atoms with Gasteiger partial charge in [-0.05, 0) is 0 Å². The van der Waals surface area contributed by atoms with Crippen LogP contribution in [0.4, 0.5) is 0 Å². The van der Waals surface area contributed by atoms with Gasteiger partial charge in [0.05, 0.1) is 13.2 Å². The summed E-state index contributed by atoms with van der Waals surface area (Å²) in [5.74, 6) is 0. The van der Waals surface area contributed by atoms with Crippen molar-refractivity contribution in [3.05, 3.63) is 0 Å². The van der Waals surface area contributed by atoms with Crippen molar-refractivity contribution in [2.24, 2.45) is 0 Å². The zero-order valence-electron chi connectivity index (χ0n) is 12.0. The molecule has 11 nitrogen and oxygen atoms in total. The number of rotatable bonds is 4. The van der Waals surface area contributed by atoms with Gasteiger partial charge in [0.2, 0.25) is 0 Å². The Bertz CT molecular complexity index is 378. The Morgan fingerprint density at radius 2 is 1.26 bits per heavy atom. The van der Waals surface area contributed by atoms with Gasteiger partial charge in [0.25, 0.3) is 0 Å². The second-order valence-corrected chi connectivity index (χ2v) is 5.53. The van der Waals surface area contributed by atoms with Gasteiger partial charge in [0, 0.05) is 0 Å². The quantitative estimate of drug-likeness (QED) is 0.243. The first-order chi connectivity index (χ1) is 10.8. The number of aliphatic hydroxyl groups is 8. The number of aliphatic hydroxyl groups excluding tert-OH is 8. The summed E-state index contributed by atoms with van der Waals surface area (Å²) in [6, 6.07) is 0. The van der Waals surface area contributed by atoms with Crippen LogP contribution in [0, 0.1) is 0 Å². The highest BCUT2D eigenvalue weighted by molar-refractivity contribution is 4.93. The molecule has 0 aliphatic carbocycles. The van der Waals surface area contributed by atoms with Gasteiger partial charge in [0.15, 0.2) is 12.6 Å². The van der Waals surface area contributed by atoms with Crippen LogP contribution in [0.2, 0.25) is 0 Å². The lowest BCUT2D eigenvalue weighted by Gasteiger charge is -2.45. The molecule has 10 atom stereocenters. The Morgan fingerprint density at radius 1 is 0.652 bits per heavy atom. The second kappa shape index (κ2) is 7.63. The van der Waals surface area contributed by atoms with Crippen LogP contribution >= 0.6 is 0 Å². The van der Waals surface area contributed by atoms with Crippen LogP contribution in [-0.4, -0.2) is 115 Å². The molecule has 23 heavy (non-hydrogen) atoms. The van der Waals surface area contributed by atoms with Crippen LogP contribution < -0.4 is 0 Å². The Kier molecular flexibility index (Phi) is 6.27. The molecule has 2 aliphatic heterocycles. The van der Waals surface area contributed by atoms with E-state index in [9.17, 15) is 35.7 Å². The van der Waals surface area contributed by atoms with Gasteiger partial charge in [0.1, 0.15) is 48.8 Å². The fraction of sp³-hybridized carbons (Fsp3) is 1.00. The Labute approximate surface area is 130 Å². The maximum Gasteiger partial charge on any atom is 0.187 e. The predicted octanol–water partition coefficient (Wildman–Crippen LogP) is -5.40. The number of hydrogen-bond acceptors (Lipinski definition) is 11. The molecule has 0 bridgehead atoms. The standard InChI is InChI=1S/C12H22O11/c13-1-3-5(15)6(16)9(19)12(22-3)23-10-4(2-14)21-11(20)8(18)7(10)17/h3-20H,1-2H2/t3-,4?,5+,6+,7?,8-,9?,10-,11?,12?/m1/s1. The van der Waals surface area contributed by atoms with Crippen molar-refractivity contribution >= 4 is 0 Å². The summed E-state index contributed by atoms with van der Waals surface area (Å²) >= 11 is 0. The molecule has 0 aromatic carbocycles. The first-order valence-electron chi connectivity index (χ1n) is 7.08. The van der Waals surface area contributed by atoms with Gasteiger partial charge in [-0.1, -0.05) is 0 Å². The van der Waals surface area contributed by atoms with Gasteiger partial charge in [-0.2, -0.15) is 0 Å². The average molecular weight is 342 g/mol. The lowest BCUT2D eigenvalue weighted by Crippen LogP contribution is -2.64. The fourth-order valence-corrected chi connectivity index (χ4v) is 2.57. The van der Waals surface area contributed by atoms with E-state index in [1.165, 1.54) is 0 Å². The minimum atomic E-state index is -1.74. The molecule has 8 N–H and O–H groups in total. The number of hydrogen-bond donors (Lipinski definition) is 8. The van der Waals surface area contributed by atoms with Crippen molar-refractivity contribution in [1.82, 2.24) is 0 Å². The Balaban J connectivity index is 2.11. The molecule has 0 spiro atoms. The third-order valence-electron chi connectivity index (χ3n) is 3.98. The highest BCUT2D eigenvalue weighted by Gasteiger charge is 2.50. The molecule has 0 aromatic heterocycles. The molecule has 11 heteroatoms. The molecule has 0 radical (unpaired) electrons. The van der Waals surface area contributed by atoms with E-state index in [0.717, 1.165) is 0 Å². The SMILES string of the molecule is OCC1OC(O)[C@H](O)C(O)[C@@H]1OC1O[C@H](CO)[C@H](O)[C@H](O)C1O. The summed E-state index contributed by atoms with van der Waals surface area (Å²) in [7, 11) is 0. The first-order valence-corrected chi connectivity index (χ1v) is 7.08. The summed E-state index contributed by atoms with van der Waals surface area (Å²) in [6.45, 7) is -1.35. The smallest absolute Gasteiger partial charge is 0.187 e. The van der Waals surface area contributed by atoms with E-state index in [1.54, 1.807) is 0 Å². The summed E-state index contributed by atoms with van der Waals surface area (Å²) < 4.78 is 15.3. The molecule has 2 saturated heterocycles. The molecule has 2 heterocycles. The molecule has 2 aliphatic rings. The average Bonchev–Trinajstić information content (AvgIpc) is 2.55. The van der Waals surface area contributed by atoms with E-state index in [4.69, 9.17) is 19.3 Å². The molecule has 2 fully saturated rings. The van der Waals surface area contributed by atoms with Crippen LogP contribution in [0.3, 0.4) is 0 Å². The van der Waals surface area contributed by atoms with Crippen molar-refractivity contribution in [2.45, 2.75) is 61.4 Å². The monoisotopic (exact) mass is 342 g/mol. The maximum absolute atomic E-state index is 9.94. The second-order valence-electron chi connectivity index (χ2n) is 5.53. The van der Waals surface area contributed by atoms with E-state index in [1.807, 2.05) is 0 Å². The normalized spacial score (nSPS) is 51.7. The van der Waals surface area contributed by atoms with E-state index >= 15 is 0 Å². The van der Waals surface area contributed by atoms with Crippen molar-refractivity contribution < 1.29 is 55.1 Å². The predicted molar refractivity (Wildman–Crippen MR) is 68.6 cm³/mol. The molecule has 5 unspecified atom stereocenters. The third-order valence-corrected chi connectivity index (χ3v) is 3.98. The summed E-state index contributed by atoms with van der Waals surface area (Å²) in [4.78, 5) is 0. The minimum Gasteiger partial charge on any atom is -0.394 e. The highest BCUT2D eigenvalue weighted by Crippen LogP contribution is 2.28. The van der Waals surface area contributed by atoms with Crippen LogP contribution in [0.15, 0.2) is 0 Å². The van der Waals surface area contributed by atoms with Crippen LogP contribution in [0.25, 0.3) is 0 Å². The fourth-order valence-electron chi connectivity index (χ4n) is 2.57. The van der Waals surface area contributed by atoms with Crippen molar-refractivity contribution in [3.8, 4) is 0 Å². The molecular formula is C12H22O11. The minimum absolute atomic E-state index is 0.667. The van der Waals surface area contributed by atoms with Gasteiger partial charge in [-0.25, -0.2) is 0 Å². The van der Waals surface area contributed by atoms with Crippen LogP contribution in [0.1, 0.15) is 0 Å². The van der Waals surface area contributed by atoms with Crippen molar-refractivity contribution in [1.29, 1.82) is 0 Å². The lowest BCUT2D eigenvalue weighted by molar-refractivity contribution is -0.355. The summed E-state index contributed by atoms with van der Waals surface area (Å²) in [6.07, 6.45) is -15.6. The van der Waals surface area contributed by atoms with E-state index in [2.05, 4.69) is 0 Å². The molecule has 2 rings (SSSR count). The first kappa shape index (κ1) is 18.9. The van der Waals surface area contributed by atoms with Gasteiger partial charge < -0.3 is 55.1 Å². The van der Waals surface area contributed by atoms with Gasteiger partial charge in [-0.3, -0.25) is 0 Å². The maximum atomic E-state index is 9.94. The Hall–Kier alpha value is -0.440. The lowest BCUT2D eigenvalue weighted by atomic mass is 9.97. The summed E-state index contributed by atoms with van der Waals surface area (Å²) in [5.41, 5.74) is 0. The van der Waals surface area contributed by atoms with E-state index in [-0.39, 0.29) is 0 Å². The van der Waals surface area contributed by atoms with Gasteiger partial charge in [-0.15, -0.1) is 0 Å². The zero-order valence-corrected chi connectivity index (χ0v) is 12.0. The van der Waals surface area contributed by atoms with Crippen molar-refractivity contribution in [3.63, 3.8) is 0 Å². The zero-order chi connectivity index (χ0) is 17.3. The summed E-state index contributed by atoms with van der Waals surface area (Å²) in [5, 5.41) is 76.5. The van der Waals surface area contributed by atoms with E-state index in [0.29, 0.717) is 0 Å². The van der Waals surface area contributed by atoms with Gasteiger partial charge >= 0.3 is 0 Å². The molecule has 0 aromatic rings. The largest absolute Gasteiger partial charge is 0.394 e. The highest BCUT2D eigenvalue weighted by atomic mass is 16.7. The molecular weight excluding hydrogens is 320 g/mol. The van der Waals surface area contributed by atoms with Crippen molar-refractivity contribution in [2.75, 3.05) is 13.2 Å². The van der Waals surface area contributed by atoms with Crippen LogP contribution in [-0.2, 0) is 14.2 Å². The molecule has 0 saturated carbocycles. The Morgan fingerprint density at radius 3 is 1.83 bits per heavy atom. The van der Waals surface area contributed by atoms with E-state index < -0.39 is 74.6 Å². The molecule has 136 valence electrons. The number of ether oxygens (including phenoxy) is 3. The topological polar surface area (TPSA) is 190 Å². The third kappa shape index (κ3) is 3.65.